The Morgan fingerprint density at radius 1 is 1.04 bits per heavy atom. The molecular weight excluding hydrogens is 380 g/mol. The fraction of sp³-hybridized carbons (Fsp3) is 0.737. The molecule has 4 rings (SSSR count). The maximum absolute atomic E-state index is 12.5. The van der Waals surface area contributed by atoms with Crippen LogP contribution in [-0.4, -0.2) is 47.8 Å². The number of carbonyl (C=O) groups excluding carboxylic acids is 1. The molecule has 1 saturated carbocycles. The summed E-state index contributed by atoms with van der Waals surface area (Å²) < 4.78 is 24.6. The predicted octanol–water partition coefficient (Wildman–Crippen LogP) is 1.09. The number of aromatic nitrogens is 2. The lowest BCUT2D eigenvalue weighted by Gasteiger charge is -2.30. The second-order valence-electron chi connectivity index (χ2n) is 8.33. The summed E-state index contributed by atoms with van der Waals surface area (Å²) in [5, 5.41) is 10.4. The van der Waals surface area contributed by atoms with Gasteiger partial charge in [0, 0.05) is 18.2 Å². The molecule has 1 aromatic rings. The number of fused-ring (bicyclic) bond motifs is 1. The first kappa shape index (κ1) is 19.4. The highest BCUT2D eigenvalue weighted by atomic mass is 32.2. The van der Waals surface area contributed by atoms with Crippen LogP contribution in [0, 0.1) is 0 Å². The minimum absolute atomic E-state index is 0.0164. The average molecular weight is 409 g/mol. The van der Waals surface area contributed by atoms with E-state index in [-0.39, 0.29) is 41.2 Å². The monoisotopic (exact) mass is 408 g/mol. The molecule has 0 bridgehead atoms. The fourth-order valence-electron chi connectivity index (χ4n) is 4.62. The molecule has 0 radical (unpaired) electrons. The van der Waals surface area contributed by atoms with E-state index < -0.39 is 9.84 Å². The molecule has 0 aromatic carbocycles. The molecule has 1 atom stereocenters. The highest BCUT2D eigenvalue weighted by Crippen LogP contribution is 2.28. The Morgan fingerprint density at radius 3 is 2.46 bits per heavy atom. The second kappa shape index (κ2) is 7.85. The van der Waals surface area contributed by atoms with E-state index in [0.29, 0.717) is 6.42 Å². The van der Waals surface area contributed by atoms with Gasteiger partial charge in [0.25, 0.3) is 5.56 Å². The van der Waals surface area contributed by atoms with E-state index >= 15 is 0 Å². The maximum Gasteiger partial charge on any atom is 0.315 e. The summed E-state index contributed by atoms with van der Waals surface area (Å²) in [7, 11) is -3.00. The number of amides is 2. The van der Waals surface area contributed by atoms with Crippen molar-refractivity contribution in [2.75, 3.05) is 11.5 Å². The Hall–Kier alpha value is -1.90. The van der Waals surface area contributed by atoms with Crippen molar-refractivity contribution in [3.8, 4) is 0 Å². The standard InChI is InChI=1S/C19H28N4O4S/c24-18-11-13-3-1-2-4-17(13)22-23(18)16-7-5-14(6-8-16)20-19(25)21-15-9-10-28(26,27)12-15/h11,14-16H,1-10,12H2,(H2,20,21,25). The zero-order valence-corrected chi connectivity index (χ0v) is 16.8. The minimum atomic E-state index is -3.00. The SMILES string of the molecule is O=C(NC1CCC(n2nc3c(cc2=O)CCCC3)CC1)NC1CCS(=O)(=O)C1. The molecule has 1 aromatic heterocycles. The van der Waals surface area contributed by atoms with Gasteiger partial charge in [0.05, 0.1) is 23.2 Å². The summed E-state index contributed by atoms with van der Waals surface area (Å²) in [5.41, 5.74) is 2.16. The summed E-state index contributed by atoms with van der Waals surface area (Å²) in [6.45, 7) is 0. The Kier molecular flexibility index (Phi) is 5.44. The number of hydrogen-bond acceptors (Lipinski definition) is 5. The second-order valence-corrected chi connectivity index (χ2v) is 10.6. The van der Waals surface area contributed by atoms with Crippen molar-refractivity contribution >= 4 is 15.9 Å². The van der Waals surface area contributed by atoms with Gasteiger partial charge in [0.1, 0.15) is 0 Å². The van der Waals surface area contributed by atoms with Gasteiger partial charge in [-0.25, -0.2) is 17.9 Å². The number of nitrogens with zero attached hydrogens (tertiary/aromatic N) is 2. The largest absolute Gasteiger partial charge is 0.335 e. The van der Waals surface area contributed by atoms with Crippen molar-refractivity contribution in [2.24, 2.45) is 0 Å². The number of sulfone groups is 1. The molecule has 1 saturated heterocycles. The molecule has 2 fully saturated rings. The lowest BCUT2D eigenvalue weighted by Crippen LogP contribution is -2.48. The van der Waals surface area contributed by atoms with Crippen molar-refractivity contribution in [1.29, 1.82) is 0 Å². The molecule has 0 spiro atoms. The lowest BCUT2D eigenvalue weighted by molar-refractivity contribution is 0.221. The zero-order chi connectivity index (χ0) is 19.7. The van der Waals surface area contributed by atoms with Crippen LogP contribution in [-0.2, 0) is 22.7 Å². The van der Waals surface area contributed by atoms with Crippen LogP contribution in [0.5, 0.6) is 0 Å². The molecule has 1 unspecified atom stereocenters. The van der Waals surface area contributed by atoms with E-state index in [4.69, 9.17) is 0 Å². The van der Waals surface area contributed by atoms with Crippen LogP contribution < -0.4 is 16.2 Å². The number of rotatable bonds is 3. The number of urea groups is 1. The number of nitrogens with one attached hydrogen (secondary N) is 2. The van der Waals surface area contributed by atoms with Crippen LogP contribution >= 0.6 is 0 Å². The van der Waals surface area contributed by atoms with E-state index in [0.717, 1.165) is 62.6 Å². The van der Waals surface area contributed by atoms with Crippen molar-refractivity contribution < 1.29 is 13.2 Å². The van der Waals surface area contributed by atoms with Gasteiger partial charge in [-0.3, -0.25) is 4.79 Å². The van der Waals surface area contributed by atoms with E-state index in [1.54, 1.807) is 10.7 Å². The number of aryl methyl sites for hydroxylation is 2. The predicted molar refractivity (Wildman–Crippen MR) is 105 cm³/mol. The van der Waals surface area contributed by atoms with Gasteiger partial charge < -0.3 is 10.6 Å². The van der Waals surface area contributed by atoms with Crippen LogP contribution in [0.15, 0.2) is 10.9 Å². The molecular formula is C19H28N4O4S. The van der Waals surface area contributed by atoms with Crippen molar-refractivity contribution in [3.63, 3.8) is 0 Å². The molecule has 3 aliphatic rings. The Bertz CT molecular complexity index is 903. The molecule has 9 heteroatoms. The summed E-state index contributed by atoms with van der Waals surface area (Å²) in [6.07, 6.45) is 7.81. The van der Waals surface area contributed by atoms with E-state index in [1.807, 2.05) is 0 Å². The molecule has 2 N–H and O–H groups in total. The van der Waals surface area contributed by atoms with Crippen LogP contribution in [0.4, 0.5) is 4.79 Å². The zero-order valence-electron chi connectivity index (χ0n) is 16.0. The fourth-order valence-corrected chi connectivity index (χ4v) is 6.30. The first-order chi connectivity index (χ1) is 13.4. The summed E-state index contributed by atoms with van der Waals surface area (Å²) >= 11 is 0. The highest BCUT2D eigenvalue weighted by molar-refractivity contribution is 7.91. The summed E-state index contributed by atoms with van der Waals surface area (Å²) in [4.78, 5) is 24.6. The summed E-state index contributed by atoms with van der Waals surface area (Å²) in [6, 6.07) is 1.30. The van der Waals surface area contributed by atoms with Gasteiger partial charge in [-0.05, 0) is 63.4 Å². The molecule has 2 amide bonds. The Balaban J connectivity index is 1.30. The molecule has 28 heavy (non-hydrogen) atoms. The molecule has 8 nitrogen and oxygen atoms in total. The van der Waals surface area contributed by atoms with Crippen molar-refractivity contribution in [2.45, 2.75) is 75.9 Å². The van der Waals surface area contributed by atoms with Gasteiger partial charge >= 0.3 is 6.03 Å². The average Bonchev–Trinajstić information content (AvgIpc) is 3.00. The van der Waals surface area contributed by atoms with Crippen LogP contribution in [0.2, 0.25) is 0 Å². The lowest BCUT2D eigenvalue weighted by atomic mass is 9.91. The van der Waals surface area contributed by atoms with E-state index in [1.165, 1.54) is 0 Å². The van der Waals surface area contributed by atoms with Crippen LogP contribution in [0.1, 0.15) is 62.2 Å². The quantitative estimate of drug-likeness (QED) is 0.778. The minimum Gasteiger partial charge on any atom is -0.335 e. The first-order valence-corrected chi connectivity index (χ1v) is 12.1. The third-order valence-corrected chi connectivity index (χ3v) is 7.95. The third-order valence-electron chi connectivity index (χ3n) is 6.18. The number of carbonyl (C=O) groups is 1. The van der Waals surface area contributed by atoms with Gasteiger partial charge in [0.2, 0.25) is 0 Å². The van der Waals surface area contributed by atoms with Gasteiger partial charge in [0.15, 0.2) is 9.84 Å². The van der Waals surface area contributed by atoms with Gasteiger partial charge in [-0.15, -0.1) is 0 Å². The van der Waals surface area contributed by atoms with Crippen LogP contribution in [0.25, 0.3) is 0 Å². The van der Waals surface area contributed by atoms with E-state index in [9.17, 15) is 18.0 Å². The molecule has 1 aliphatic heterocycles. The van der Waals surface area contributed by atoms with Crippen molar-refractivity contribution in [3.05, 3.63) is 27.7 Å². The van der Waals surface area contributed by atoms with Crippen LogP contribution in [0.3, 0.4) is 0 Å². The first-order valence-electron chi connectivity index (χ1n) is 10.3. The molecule has 2 aliphatic carbocycles. The topological polar surface area (TPSA) is 110 Å². The third kappa shape index (κ3) is 4.39. The maximum atomic E-state index is 12.5. The Morgan fingerprint density at radius 2 is 1.75 bits per heavy atom. The van der Waals surface area contributed by atoms with Gasteiger partial charge in [-0.1, -0.05) is 0 Å². The normalized spacial score (nSPS) is 29.1. The summed E-state index contributed by atoms with van der Waals surface area (Å²) in [5.74, 6) is 0.172. The molecule has 154 valence electrons. The van der Waals surface area contributed by atoms with Crippen molar-refractivity contribution in [1.82, 2.24) is 20.4 Å². The Labute approximate surface area is 165 Å². The highest BCUT2D eigenvalue weighted by Gasteiger charge is 2.30. The number of hydrogen-bond donors (Lipinski definition) is 2. The smallest absolute Gasteiger partial charge is 0.315 e. The van der Waals surface area contributed by atoms with Gasteiger partial charge in [-0.2, -0.15) is 5.10 Å². The molecule has 2 heterocycles. The van der Waals surface area contributed by atoms with E-state index in [2.05, 4.69) is 15.7 Å².